The highest BCUT2D eigenvalue weighted by Crippen LogP contribution is 2.29. The number of hydrazone groups is 2. The molecule has 0 spiro atoms. The molecule has 28 heavy (non-hydrogen) atoms. The van der Waals surface area contributed by atoms with Crippen LogP contribution in [0.1, 0.15) is 6.92 Å². The van der Waals surface area contributed by atoms with Crippen LogP contribution < -0.4 is 10.4 Å². The number of hydrogen-bond acceptors (Lipinski definition) is 8. The highest BCUT2D eigenvalue weighted by molar-refractivity contribution is 7.14. The maximum absolute atomic E-state index is 12.7. The fraction of sp³-hybridized carbons (Fsp3) is 0.0526. The number of nitrogens with one attached hydrogen (secondary N) is 1. The fourth-order valence-corrected chi connectivity index (χ4v) is 3.36. The normalized spacial score (nSPS) is 15.0. The van der Waals surface area contributed by atoms with Gasteiger partial charge in [-0.25, -0.2) is 4.98 Å². The third-order valence-corrected chi connectivity index (χ3v) is 4.82. The summed E-state index contributed by atoms with van der Waals surface area (Å²) in [6.07, 6.45) is 0. The zero-order valence-electron chi connectivity index (χ0n) is 14.7. The molecule has 4 rings (SSSR count). The van der Waals surface area contributed by atoms with Crippen LogP contribution in [-0.4, -0.2) is 22.3 Å². The number of thiazole rings is 1. The van der Waals surface area contributed by atoms with Gasteiger partial charge >= 0.3 is 5.91 Å². The van der Waals surface area contributed by atoms with Crippen LogP contribution in [0, 0.1) is 4.91 Å². The Kier molecular flexibility index (Phi) is 4.73. The van der Waals surface area contributed by atoms with Crippen molar-refractivity contribution in [2.45, 2.75) is 6.92 Å². The summed E-state index contributed by atoms with van der Waals surface area (Å²) >= 11 is 1.34. The molecule has 0 saturated heterocycles. The number of hydrogen-bond donors (Lipinski definition) is 1. The van der Waals surface area contributed by atoms with Gasteiger partial charge in [-0.1, -0.05) is 30.3 Å². The maximum Gasteiger partial charge on any atom is 0.303 e. The molecule has 3 aromatic rings. The average Bonchev–Trinajstić information content (AvgIpc) is 3.32. The quantitative estimate of drug-likeness (QED) is 0.515. The van der Waals surface area contributed by atoms with E-state index < -0.39 is 0 Å². The first-order valence-electron chi connectivity index (χ1n) is 8.34. The summed E-state index contributed by atoms with van der Waals surface area (Å²) in [6, 6.07) is 16.1. The van der Waals surface area contributed by atoms with E-state index in [-0.39, 0.29) is 11.6 Å². The zero-order chi connectivity index (χ0) is 19.5. The van der Waals surface area contributed by atoms with Crippen LogP contribution in [0.3, 0.4) is 0 Å². The van der Waals surface area contributed by atoms with Gasteiger partial charge in [0.15, 0.2) is 5.71 Å². The fourth-order valence-electron chi connectivity index (χ4n) is 2.58. The summed E-state index contributed by atoms with van der Waals surface area (Å²) in [7, 11) is 0. The molecule has 0 aliphatic carbocycles. The summed E-state index contributed by atoms with van der Waals surface area (Å²) in [5.74, 6) is -0.356. The van der Waals surface area contributed by atoms with E-state index in [4.69, 9.17) is 0 Å². The third kappa shape index (κ3) is 3.42. The number of nitrogens with zero attached hydrogens (tertiary/aromatic N) is 5. The first kappa shape index (κ1) is 17.7. The molecule has 2 aromatic carbocycles. The number of benzene rings is 2. The Labute approximate surface area is 164 Å². The first-order chi connectivity index (χ1) is 13.7. The van der Waals surface area contributed by atoms with Crippen molar-refractivity contribution in [3.05, 3.63) is 64.9 Å². The number of carbonyl (C=O) groups excluding carboxylic acids is 1. The summed E-state index contributed by atoms with van der Waals surface area (Å²) in [5, 5.41) is 14.9. The van der Waals surface area contributed by atoms with Crippen LogP contribution in [0.5, 0.6) is 0 Å². The minimum atomic E-state index is -0.356. The van der Waals surface area contributed by atoms with Crippen LogP contribution in [-0.2, 0) is 4.79 Å². The molecule has 1 amide bonds. The second-order valence-electron chi connectivity index (χ2n) is 5.89. The number of amides is 1. The highest BCUT2D eigenvalue weighted by atomic mass is 32.1. The van der Waals surface area contributed by atoms with Gasteiger partial charge in [0.1, 0.15) is 5.69 Å². The molecule has 1 aliphatic heterocycles. The van der Waals surface area contributed by atoms with Crippen LogP contribution >= 0.6 is 11.3 Å². The molecule has 1 aromatic heterocycles. The van der Waals surface area contributed by atoms with E-state index in [1.807, 2.05) is 35.7 Å². The number of carbonyl (C=O) groups is 1. The number of anilines is 2. The summed E-state index contributed by atoms with van der Waals surface area (Å²) in [6.45, 7) is 1.71. The standard InChI is InChI=1S/C19H14N6O2S/c1-12-17(22-21-14-7-9-15(24-27)10-8-14)18(26)25(23-12)19-20-16(11-28-19)13-5-3-2-4-6-13/h2-11,21H,1H3/b22-17-. The summed E-state index contributed by atoms with van der Waals surface area (Å²) < 4.78 is 0. The van der Waals surface area contributed by atoms with Crippen molar-refractivity contribution >= 4 is 45.2 Å². The Hall–Kier alpha value is -3.72. The average molecular weight is 390 g/mol. The second kappa shape index (κ2) is 7.49. The zero-order valence-corrected chi connectivity index (χ0v) is 15.6. The lowest BCUT2D eigenvalue weighted by molar-refractivity contribution is -0.112. The largest absolute Gasteiger partial charge is 0.303 e. The number of rotatable bonds is 5. The van der Waals surface area contributed by atoms with Gasteiger partial charge in [-0.3, -0.25) is 10.2 Å². The van der Waals surface area contributed by atoms with Gasteiger partial charge in [0.05, 0.1) is 17.1 Å². The van der Waals surface area contributed by atoms with E-state index in [1.165, 1.54) is 16.3 Å². The molecule has 2 heterocycles. The lowest BCUT2D eigenvalue weighted by Crippen LogP contribution is -2.27. The predicted octanol–water partition coefficient (Wildman–Crippen LogP) is 4.40. The van der Waals surface area contributed by atoms with Crippen molar-refractivity contribution in [1.82, 2.24) is 4.98 Å². The minimum Gasteiger partial charge on any atom is -0.278 e. The van der Waals surface area contributed by atoms with Crippen LogP contribution in [0.15, 0.2) is 75.4 Å². The van der Waals surface area contributed by atoms with Crippen molar-refractivity contribution in [1.29, 1.82) is 0 Å². The topological polar surface area (TPSA) is 99.4 Å². The van der Waals surface area contributed by atoms with Crippen LogP contribution in [0.4, 0.5) is 16.5 Å². The molecule has 8 nitrogen and oxygen atoms in total. The van der Waals surface area contributed by atoms with Gasteiger partial charge in [0.25, 0.3) is 0 Å². The van der Waals surface area contributed by atoms with Crippen molar-refractivity contribution < 1.29 is 4.79 Å². The van der Waals surface area contributed by atoms with E-state index in [1.54, 1.807) is 31.2 Å². The molecule has 0 saturated carbocycles. The molecule has 0 bridgehead atoms. The van der Waals surface area contributed by atoms with Crippen molar-refractivity contribution in [2.75, 3.05) is 10.4 Å². The molecule has 138 valence electrons. The molecule has 0 fully saturated rings. The van der Waals surface area contributed by atoms with Gasteiger partial charge in [-0.05, 0) is 36.4 Å². The molecule has 9 heteroatoms. The molecule has 0 radical (unpaired) electrons. The van der Waals surface area contributed by atoms with Crippen molar-refractivity contribution in [3.63, 3.8) is 0 Å². The van der Waals surface area contributed by atoms with Gasteiger partial charge in [0.2, 0.25) is 5.13 Å². The van der Waals surface area contributed by atoms with Gasteiger partial charge < -0.3 is 0 Å². The molecule has 1 aliphatic rings. The lowest BCUT2D eigenvalue weighted by atomic mass is 10.2. The van der Waals surface area contributed by atoms with E-state index in [2.05, 4.69) is 25.8 Å². The van der Waals surface area contributed by atoms with E-state index in [9.17, 15) is 9.70 Å². The Bertz CT molecular complexity index is 1090. The third-order valence-electron chi connectivity index (χ3n) is 4.00. The maximum atomic E-state index is 12.7. The molecule has 0 atom stereocenters. The van der Waals surface area contributed by atoms with E-state index >= 15 is 0 Å². The monoisotopic (exact) mass is 390 g/mol. The summed E-state index contributed by atoms with van der Waals surface area (Å²) in [5.41, 5.74) is 6.19. The molecule has 1 N–H and O–H groups in total. The van der Waals surface area contributed by atoms with E-state index in [0.717, 1.165) is 11.3 Å². The van der Waals surface area contributed by atoms with Crippen LogP contribution in [0.25, 0.3) is 11.3 Å². The number of nitroso groups, excluding NO2 is 1. The highest BCUT2D eigenvalue weighted by Gasteiger charge is 2.32. The lowest BCUT2D eigenvalue weighted by Gasteiger charge is -2.06. The number of aromatic nitrogens is 1. The molecular weight excluding hydrogens is 376 g/mol. The SMILES string of the molecule is CC1=NN(c2nc(-c3ccccc3)cs2)C(=O)/C1=N\Nc1ccc(N=O)cc1. The minimum absolute atomic E-state index is 0.203. The first-order valence-corrected chi connectivity index (χ1v) is 9.22. The summed E-state index contributed by atoms with van der Waals surface area (Å²) in [4.78, 5) is 27.7. The van der Waals surface area contributed by atoms with Crippen molar-refractivity contribution in [2.24, 2.45) is 15.4 Å². The Morgan fingerprint density at radius 2 is 1.82 bits per heavy atom. The molecular formula is C19H14N6O2S. The van der Waals surface area contributed by atoms with Gasteiger partial charge in [0, 0.05) is 10.9 Å². The van der Waals surface area contributed by atoms with Crippen molar-refractivity contribution in [3.8, 4) is 11.3 Å². The Morgan fingerprint density at radius 1 is 1.07 bits per heavy atom. The van der Waals surface area contributed by atoms with E-state index in [0.29, 0.717) is 22.2 Å². The van der Waals surface area contributed by atoms with Crippen LogP contribution in [0.2, 0.25) is 0 Å². The second-order valence-corrected chi connectivity index (χ2v) is 6.73. The Balaban J connectivity index is 1.53. The van der Waals surface area contributed by atoms with Gasteiger partial charge in [-0.2, -0.15) is 15.2 Å². The van der Waals surface area contributed by atoms with Gasteiger partial charge in [-0.15, -0.1) is 16.2 Å². The Morgan fingerprint density at radius 3 is 2.54 bits per heavy atom. The molecule has 0 unspecified atom stereocenters. The predicted molar refractivity (Wildman–Crippen MR) is 111 cm³/mol. The smallest absolute Gasteiger partial charge is 0.278 e.